The Morgan fingerprint density at radius 3 is 0.767 bits per heavy atom. The average molecular weight is 1190 g/mol. The summed E-state index contributed by atoms with van der Waals surface area (Å²) in [7, 11) is 1.32. The zero-order valence-electron chi connectivity index (χ0n) is 51.2. The Balaban J connectivity index is 0.000000210. The fourth-order valence-electron chi connectivity index (χ4n) is 9.13. The van der Waals surface area contributed by atoms with E-state index in [0.717, 1.165) is 96.3 Å². The summed E-state index contributed by atoms with van der Waals surface area (Å²) < 4.78 is 133. The number of unbranched alkanes of at least 4 members (excludes halogenated alkanes) is 5. The molecule has 460 valence electrons. The molecule has 0 aliphatic rings. The predicted octanol–water partition coefficient (Wildman–Crippen LogP) is 22.3. The molecule has 0 unspecified atom stereocenters. The van der Waals surface area contributed by atoms with Crippen LogP contribution >= 0.6 is 0 Å². The number of halogens is 8. The molecule has 0 spiro atoms. The maximum absolute atomic E-state index is 14.3. The Hall–Kier alpha value is -7.60. The highest BCUT2D eigenvalue weighted by Crippen LogP contribution is 2.34. The van der Waals surface area contributed by atoms with Gasteiger partial charge in [0.15, 0.2) is 46.3 Å². The van der Waals surface area contributed by atoms with Gasteiger partial charge in [-0.1, -0.05) is 171 Å². The monoisotopic (exact) mass is 1190 g/mol. The van der Waals surface area contributed by atoms with Crippen LogP contribution in [0.25, 0.3) is 44.5 Å². The van der Waals surface area contributed by atoms with Crippen LogP contribution in [0, 0.1) is 46.5 Å². The van der Waals surface area contributed by atoms with Crippen LogP contribution in [0.1, 0.15) is 141 Å². The largest absolute Gasteiger partial charge is 0.494 e. The van der Waals surface area contributed by atoms with Gasteiger partial charge in [-0.05, 0) is 164 Å². The number of ether oxygens (including phenoxy) is 4. The van der Waals surface area contributed by atoms with E-state index in [-0.39, 0.29) is 45.3 Å². The zero-order chi connectivity index (χ0) is 62.4. The molecule has 0 heterocycles. The topological polar surface area (TPSA) is 36.9 Å². The summed E-state index contributed by atoms with van der Waals surface area (Å²) in [5, 5.41) is 0. The van der Waals surface area contributed by atoms with Crippen molar-refractivity contribution in [1.82, 2.24) is 0 Å². The molecule has 8 rings (SSSR count). The molecule has 0 fully saturated rings. The summed E-state index contributed by atoms with van der Waals surface area (Å²) in [5.74, 6) is -7.28. The standard InChI is InChI=1S/C20H24F2O.C19H22F2O.C18H20F2O.C17H18F2O/c1-3-5-7-15-8-10-16(11-9-15)17-12-13-18(20(22)19(17)21)23-14-6-4-2;1-3-5-6-14-7-9-15(10-8-14)16-11-12-17(22-13-4-2)19(21)18(16)20;1-3-5-6-13-7-9-14(10-8-13)15-11-12-16(21-4-2)18(20)17(15)19;1-3-4-5-12-6-8-13(9-7-12)14-10-11-15(20-2)17(19)16(14)18/h8-13H,3-7,14H2,1-2H3;7-12H,3-6,13H2,1-2H3;7-12H,3-6H2,1-2H3;6-11H,3-5H2,1-2H3. The van der Waals surface area contributed by atoms with Gasteiger partial charge < -0.3 is 18.9 Å². The lowest BCUT2D eigenvalue weighted by Crippen LogP contribution is -2.01. The summed E-state index contributed by atoms with van der Waals surface area (Å²) in [6, 6.07) is 42.7. The molecule has 0 atom stereocenters. The third-order valence-corrected chi connectivity index (χ3v) is 14.3. The maximum Gasteiger partial charge on any atom is 0.201 e. The fraction of sp³-hybridized carbons (Fsp3) is 0.351. The molecule has 86 heavy (non-hydrogen) atoms. The van der Waals surface area contributed by atoms with Crippen molar-refractivity contribution in [1.29, 1.82) is 0 Å². The van der Waals surface area contributed by atoms with Crippen LogP contribution in [0.3, 0.4) is 0 Å². The first kappa shape index (κ1) is 69.2. The maximum atomic E-state index is 14.3. The Labute approximate surface area is 505 Å². The summed E-state index contributed by atoms with van der Waals surface area (Å²) in [4.78, 5) is 0. The molecule has 12 heteroatoms. The van der Waals surface area contributed by atoms with Gasteiger partial charge in [-0.2, -0.15) is 17.6 Å². The van der Waals surface area contributed by atoms with Gasteiger partial charge in [0.05, 0.1) is 26.9 Å². The van der Waals surface area contributed by atoms with Gasteiger partial charge in [0.2, 0.25) is 23.3 Å². The molecule has 0 N–H and O–H groups in total. The number of methoxy groups -OCH3 is 1. The van der Waals surface area contributed by atoms with E-state index in [9.17, 15) is 35.1 Å². The Morgan fingerprint density at radius 2 is 0.512 bits per heavy atom. The van der Waals surface area contributed by atoms with Gasteiger partial charge in [0.1, 0.15) is 0 Å². The van der Waals surface area contributed by atoms with Crippen LogP contribution in [0.2, 0.25) is 0 Å². The fourth-order valence-corrected chi connectivity index (χ4v) is 9.13. The first-order valence-corrected chi connectivity index (χ1v) is 30.4. The average Bonchev–Trinajstić information content (AvgIpc) is 2.45. The van der Waals surface area contributed by atoms with E-state index in [1.54, 1.807) is 25.1 Å². The van der Waals surface area contributed by atoms with Crippen molar-refractivity contribution in [3.8, 4) is 67.5 Å². The second kappa shape index (κ2) is 37.1. The molecule has 0 saturated heterocycles. The van der Waals surface area contributed by atoms with Gasteiger partial charge >= 0.3 is 0 Å². The first-order chi connectivity index (χ1) is 41.7. The number of aryl methyl sites for hydroxylation is 4. The Kier molecular flexibility index (Phi) is 29.8. The van der Waals surface area contributed by atoms with Crippen molar-refractivity contribution >= 4 is 0 Å². The van der Waals surface area contributed by atoms with E-state index < -0.39 is 46.5 Å². The van der Waals surface area contributed by atoms with Crippen molar-refractivity contribution < 1.29 is 54.1 Å². The molecule has 0 aliphatic heterocycles. The van der Waals surface area contributed by atoms with Gasteiger partial charge in [0.25, 0.3) is 0 Å². The molecule has 0 aliphatic carbocycles. The predicted molar refractivity (Wildman–Crippen MR) is 336 cm³/mol. The van der Waals surface area contributed by atoms with Crippen LogP contribution in [0.15, 0.2) is 146 Å². The molecule has 8 aromatic carbocycles. The number of hydrogen-bond acceptors (Lipinski definition) is 4. The molecule has 0 radical (unpaired) electrons. The molecule has 4 nitrogen and oxygen atoms in total. The zero-order valence-corrected chi connectivity index (χ0v) is 51.2. The van der Waals surface area contributed by atoms with Gasteiger partial charge in [-0.25, -0.2) is 17.6 Å². The minimum Gasteiger partial charge on any atom is -0.494 e. The minimum absolute atomic E-state index is 0.0146. The lowest BCUT2D eigenvalue weighted by atomic mass is 10.0. The molecular weight excluding hydrogens is 1100 g/mol. The second-order valence-electron chi connectivity index (χ2n) is 20.8. The molecule has 0 saturated carbocycles. The van der Waals surface area contributed by atoms with Crippen molar-refractivity contribution in [3.63, 3.8) is 0 Å². The third-order valence-electron chi connectivity index (χ3n) is 14.3. The normalized spacial score (nSPS) is 10.7. The lowest BCUT2D eigenvalue weighted by molar-refractivity contribution is 0.289. The quantitative estimate of drug-likeness (QED) is 0.0400. The van der Waals surface area contributed by atoms with Crippen LogP contribution in [0.4, 0.5) is 35.1 Å². The van der Waals surface area contributed by atoms with E-state index in [1.807, 2.05) is 111 Å². The highest BCUT2D eigenvalue weighted by molar-refractivity contribution is 5.68. The van der Waals surface area contributed by atoms with Crippen LogP contribution < -0.4 is 18.9 Å². The van der Waals surface area contributed by atoms with E-state index in [1.165, 1.54) is 59.7 Å². The molecule has 8 aromatic rings. The van der Waals surface area contributed by atoms with Crippen LogP contribution in [0.5, 0.6) is 23.0 Å². The van der Waals surface area contributed by atoms with Crippen molar-refractivity contribution in [3.05, 3.63) is 214 Å². The van der Waals surface area contributed by atoms with Crippen molar-refractivity contribution in [2.24, 2.45) is 0 Å². The van der Waals surface area contributed by atoms with Crippen molar-refractivity contribution in [2.45, 2.75) is 145 Å². The van der Waals surface area contributed by atoms with Crippen LogP contribution in [-0.4, -0.2) is 26.9 Å². The molecule has 0 aromatic heterocycles. The summed E-state index contributed by atoms with van der Waals surface area (Å²) in [6.07, 6.45) is 15.6. The SMILES string of the molecule is CCCCOc1ccc(-c2ccc(CCCC)cc2)c(F)c1F.CCCCc1ccc(-c2ccc(OC)c(F)c2F)cc1.CCCCc1ccc(-c2ccc(OCC)c(F)c2F)cc1.CCCCc1ccc(-c2ccc(OCCC)c(F)c2F)cc1. The van der Waals surface area contributed by atoms with E-state index in [2.05, 4.69) is 27.7 Å². The van der Waals surface area contributed by atoms with Crippen molar-refractivity contribution in [2.75, 3.05) is 26.9 Å². The second-order valence-corrected chi connectivity index (χ2v) is 20.8. The molecule has 0 bridgehead atoms. The van der Waals surface area contributed by atoms with Gasteiger partial charge in [0, 0.05) is 22.3 Å². The third kappa shape index (κ3) is 20.3. The van der Waals surface area contributed by atoms with Crippen LogP contribution in [-0.2, 0) is 25.7 Å². The Bertz CT molecular complexity index is 3270. The van der Waals surface area contributed by atoms with Gasteiger partial charge in [-0.3, -0.25) is 0 Å². The van der Waals surface area contributed by atoms with E-state index in [0.29, 0.717) is 42.1 Å². The lowest BCUT2D eigenvalue weighted by Gasteiger charge is -2.10. The number of rotatable bonds is 26. The summed E-state index contributed by atoms with van der Waals surface area (Å²) in [5.41, 5.74) is 8.63. The summed E-state index contributed by atoms with van der Waals surface area (Å²) in [6.45, 7) is 15.3. The van der Waals surface area contributed by atoms with E-state index >= 15 is 0 Å². The minimum atomic E-state index is -0.944. The smallest absolute Gasteiger partial charge is 0.201 e. The molecular formula is C74H84F8O4. The highest BCUT2D eigenvalue weighted by Gasteiger charge is 2.19. The van der Waals surface area contributed by atoms with E-state index in [4.69, 9.17) is 18.9 Å². The first-order valence-electron chi connectivity index (χ1n) is 30.4. The number of hydrogen-bond donors (Lipinski definition) is 0. The number of benzene rings is 8. The Morgan fingerprint density at radius 1 is 0.256 bits per heavy atom. The highest BCUT2D eigenvalue weighted by atomic mass is 19.2. The van der Waals surface area contributed by atoms with Gasteiger partial charge in [-0.15, -0.1) is 0 Å². The summed E-state index contributed by atoms with van der Waals surface area (Å²) >= 11 is 0. The molecule has 0 amide bonds.